The van der Waals surface area contributed by atoms with Gasteiger partial charge in [-0.25, -0.2) is 15.0 Å². The van der Waals surface area contributed by atoms with Gasteiger partial charge >= 0.3 is 4.87 Å². The van der Waals surface area contributed by atoms with E-state index in [0.717, 1.165) is 24.8 Å². The van der Waals surface area contributed by atoms with E-state index in [2.05, 4.69) is 11.8 Å². The Balaban J connectivity index is 2.05. The Bertz CT molecular complexity index is 908. The molecule has 4 atom stereocenters. The highest BCUT2D eigenvalue weighted by atomic mass is 32.2. The summed E-state index contributed by atoms with van der Waals surface area (Å²) >= 11 is 0. The fraction of sp³-hybridized carbons (Fsp3) is 0.591. The topological polar surface area (TPSA) is 58.7 Å². The molecule has 0 aromatic heterocycles. The van der Waals surface area contributed by atoms with E-state index in [1.54, 1.807) is 24.3 Å². The number of hydrogen-bond acceptors (Lipinski definition) is 3. The number of aryl methyl sites for hydroxylation is 1. The molecular weight excluding hydrogens is 358 g/mol. The number of allylic oxidation sites excluding steroid dienone is 1. The summed E-state index contributed by atoms with van der Waals surface area (Å²) in [4.78, 5) is 2.17. The number of rotatable bonds is 3. The smallest absolute Gasteiger partial charge is 0.351 e. The van der Waals surface area contributed by atoms with Crippen LogP contribution >= 0.6 is 0 Å². The number of fused-ring (bicyclic) bond motifs is 1. The van der Waals surface area contributed by atoms with Crippen LogP contribution in [0.5, 0.6) is 0 Å². The van der Waals surface area contributed by atoms with Gasteiger partial charge in [0.1, 0.15) is 0 Å². The minimum absolute atomic E-state index is 0.0342. The third-order valence-corrected chi connectivity index (χ3v) is 9.22. The lowest BCUT2D eigenvalue weighted by molar-refractivity contribution is -0.0978. The van der Waals surface area contributed by atoms with Crippen molar-refractivity contribution in [3.05, 3.63) is 52.9 Å². The Morgan fingerprint density at radius 2 is 1.85 bits per heavy atom. The maximum atomic E-state index is 13.4. The van der Waals surface area contributed by atoms with E-state index in [1.807, 2.05) is 19.9 Å². The zero-order valence-electron chi connectivity index (χ0n) is 16.6. The number of sulfone groups is 1. The molecule has 1 unspecified atom stereocenters. The van der Waals surface area contributed by atoms with Crippen LogP contribution in [0.4, 0.5) is 0 Å². The summed E-state index contributed by atoms with van der Waals surface area (Å²) in [6.45, 7) is 15.2. The minimum atomic E-state index is -3.87. The average molecular weight is 388 g/mol. The van der Waals surface area contributed by atoms with E-state index >= 15 is 0 Å². The van der Waals surface area contributed by atoms with Gasteiger partial charge in [-0.2, -0.15) is 0 Å². The molecule has 0 radical (unpaired) electrons. The zero-order valence-corrected chi connectivity index (χ0v) is 17.4. The van der Waals surface area contributed by atoms with Crippen LogP contribution in [0.1, 0.15) is 58.4 Å². The molecule has 2 aliphatic carbocycles. The van der Waals surface area contributed by atoms with Crippen molar-refractivity contribution in [1.29, 1.82) is 0 Å². The van der Waals surface area contributed by atoms with Gasteiger partial charge in [-0.15, -0.1) is 0 Å². The molecule has 4 nitrogen and oxygen atoms in total. The Kier molecular flexibility index (Phi) is 4.81. The van der Waals surface area contributed by atoms with Crippen molar-refractivity contribution in [3.63, 3.8) is 0 Å². The SMILES string of the molecule is [C-]#[N+]C(C)(C1=CC[C@]2(C)CCC[C@](C)(O)[C@H]2C1)S(=O)(=O)c1ccc(C)cc1. The quantitative estimate of drug-likeness (QED) is 0.605. The lowest BCUT2D eigenvalue weighted by Crippen LogP contribution is -2.51. The molecule has 0 heterocycles. The average Bonchev–Trinajstić information content (AvgIpc) is 2.60. The molecule has 0 aliphatic heterocycles. The van der Waals surface area contributed by atoms with Crippen molar-refractivity contribution in [2.75, 3.05) is 0 Å². The monoisotopic (exact) mass is 387 g/mol. The molecule has 0 spiro atoms. The highest BCUT2D eigenvalue weighted by molar-refractivity contribution is 7.93. The third kappa shape index (κ3) is 3.13. The molecule has 1 N–H and O–H groups in total. The summed E-state index contributed by atoms with van der Waals surface area (Å²) < 4.78 is 26.8. The van der Waals surface area contributed by atoms with Gasteiger partial charge in [-0.3, -0.25) is 4.85 Å². The highest BCUT2D eigenvalue weighted by Gasteiger charge is 2.56. The van der Waals surface area contributed by atoms with Crippen LogP contribution < -0.4 is 0 Å². The molecule has 146 valence electrons. The summed E-state index contributed by atoms with van der Waals surface area (Å²) in [5, 5.41) is 11.0. The lowest BCUT2D eigenvalue weighted by Gasteiger charge is -2.52. The fourth-order valence-corrected chi connectivity index (χ4v) is 6.53. The van der Waals surface area contributed by atoms with Gasteiger partial charge in [0, 0.05) is 12.5 Å². The number of nitrogens with zero attached hydrogens (tertiary/aromatic N) is 1. The van der Waals surface area contributed by atoms with E-state index < -0.39 is 20.3 Å². The molecule has 0 bridgehead atoms. The molecule has 2 aliphatic rings. The summed E-state index contributed by atoms with van der Waals surface area (Å²) in [5.41, 5.74) is 0.734. The van der Waals surface area contributed by atoms with Gasteiger partial charge in [0.2, 0.25) is 0 Å². The van der Waals surface area contributed by atoms with E-state index in [9.17, 15) is 13.5 Å². The van der Waals surface area contributed by atoms with Gasteiger partial charge in [0.05, 0.1) is 10.5 Å². The zero-order chi connectivity index (χ0) is 20.1. The van der Waals surface area contributed by atoms with Crippen molar-refractivity contribution in [2.45, 2.75) is 75.2 Å². The molecule has 1 saturated carbocycles. The third-order valence-electron chi connectivity index (χ3n) is 6.93. The second-order valence-electron chi connectivity index (χ2n) is 8.97. The second-order valence-corrected chi connectivity index (χ2v) is 11.2. The van der Waals surface area contributed by atoms with Crippen molar-refractivity contribution >= 4 is 9.84 Å². The molecule has 3 rings (SSSR count). The van der Waals surface area contributed by atoms with Crippen LogP contribution in [-0.2, 0) is 9.84 Å². The Hall–Kier alpha value is -1.64. The van der Waals surface area contributed by atoms with E-state index in [1.165, 1.54) is 6.92 Å². The van der Waals surface area contributed by atoms with Crippen LogP contribution in [0.2, 0.25) is 0 Å². The van der Waals surface area contributed by atoms with Crippen molar-refractivity contribution in [3.8, 4) is 0 Å². The van der Waals surface area contributed by atoms with E-state index in [-0.39, 0.29) is 16.2 Å². The van der Waals surface area contributed by atoms with Crippen molar-refractivity contribution in [2.24, 2.45) is 11.3 Å². The standard InChI is InChI=1S/C22H29NO3S/c1-16-7-9-18(10-8-16)27(25,26)22(4,23-5)17-11-14-20(2)12-6-13-21(3,24)19(20)15-17/h7-11,19,24H,6,12-15H2,1-4H3/t19-,20-,21-,22?/m0/s1. The first-order chi connectivity index (χ1) is 12.5. The summed E-state index contributed by atoms with van der Waals surface area (Å²) in [6.07, 6.45) is 5.84. The van der Waals surface area contributed by atoms with Crippen LogP contribution in [0.25, 0.3) is 4.85 Å². The Morgan fingerprint density at radius 1 is 1.22 bits per heavy atom. The van der Waals surface area contributed by atoms with Gasteiger partial charge in [-0.05, 0) is 63.0 Å². The summed E-state index contributed by atoms with van der Waals surface area (Å²) in [6, 6.07) is 6.68. The first-order valence-electron chi connectivity index (χ1n) is 9.58. The summed E-state index contributed by atoms with van der Waals surface area (Å²) in [7, 11) is -3.87. The van der Waals surface area contributed by atoms with Crippen LogP contribution in [0.15, 0.2) is 40.8 Å². The first kappa shape index (κ1) is 20.1. The fourth-order valence-electron chi connectivity index (χ4n) is 4.95. The van der Waals surface area contributed by atoms with Crippen LogP contribution in [-0.4, -0.2) is 24.0 Å². The first-order valence-corrected chi connectivity index (χ1v) is 11.1. The number of aliphatic hydroxyl groups is 1. The van der Waals surface area contributed by atoms with Gasteiger partial charge in [0.15, 0.2) is 0 Å². The molecule has 5 heteroatoms. The largest absolute Gasteiger partial charge is 0.390 e. The highest BCUT2D eigenvalue weighted by Crippen LogP contribution is 2.55. The van der Waals surface area contributed by atoms with E-state index in [0.29, 0.717) is 18.4 Å². The molecule has 0 saturated heterocycles. The maximum Gasteiger partial charge on any atom is 0.351 e. The predicted octanol–water partition coefficient (Wildman–Crippen LogP) is 4.68. The molecule has 1 fully saturated rings. The maximum absolute atomic E-state index is 13.4. The predicted molar refractivity (Wildman–Crippen MR) is 107 cm³/mol. The van der Waals surface area contributed by atoms with Gasteiger partial charge < -0.3 is 5.11 Å². The van der Waals surface area contributed by atoms with E-state index in [4.69, 9.17) is 6.57 Å². The molecule has 1 aromatic rings. The Labute approximate surface area is 163 Å². The van der Waals surface area contributed by atoms with Crippen LogP contribution in [0.3, 0.4) is 0 Å². The molecule has 0 amide bonds. The van der Waals surface area contributed by atoms with Crippen molar-refractivity contribution in [1.82, 2.24) is 0 Å². The van der Waals surface area contributed by atoms with Crippen molar-refractivity contribution < 1.29 is 13.5 Å². The number of benzene rings is 1. The summed E-state index contributed by atoms with van der Waals surface area (Å²) in [5.74, 6) is -0.0342. The van der Waals surface area contributed by atoms with Crippen LogP contribution in [0, 0.1) is 24.8 Å². The Morgan fingerprint density at radius 3 is 2.44 bits per heavy atom. The molecule has 1 aromatic carbocycles. The minimum Gasteiger partial charge on any atom is -0.390 e. The second kappa shape index (κ2) is 6.46. The molecule has 27 heavy (non-hydrogen) atoms. The molecular formula is C22H29NO3S. The number of hydrogen-bond donors (Lipinski definition) is 1. The lowest BCUT2D eigenvalue weighted by atomic mass is 9.55. The van der Waals surface area contributed by atoms with Gasteiger partial charge in [-0.1, -0.05) is 37.1 Å². The normalized spacial score (nSPS) is 33.3. The van der Waals surface area contributed by atoms with Gasteiger partial charge in [0.25, 0.3) is 9.84 Å².